The summed E-state index contributed by atoms with van der Waals surface area (Å²) in [4.78, 5) is 3.98. The number of nitrogens with one attached hydrogen (secondary N) is 1. The molecule has 1 aromatic heterocycles. The third-order valence-corrected chi connectivity index (χ3v) is 6.69. The highest BCUT2D eigenvalue weighted by atomic mass is 35.5. The van der Waals surface area contributed by atoms with Gasteiger partial charge in [0.1, 0.15) is 17.3 Å². The number of sulfonamides is 1. The molecule has 0 saturated heterocycles. The normalized spacial score (nSPS) is 11.7. The fraction of sp³-hybridized carbons (Fsp3) is 0. The van der Waals surface area contributed by atoms with Crippen molar-refractivity contribution in [2.75, 3.05) is 10.5 Å². The van der Waals surface area contributed by atoms with Crippen LogP contribution < -0.4 is 10.5 Å². The fourth-order valence-electron chi connectivity index (χ4n) is 2.80. The van der Waals surface area contributed by atoms with Crippen LogP contribution in [0, 0.1) is 11.6 Å². The molecule has 33 heavy (non-hydrogen) atoms. The van der Waals surface area contributed by atoms with Crippen molar-refractivity contribution in [3.05, 3.63) is 83.4 Å². The van der Waals surface area contributed by atoms with E-state index in [2.05, 4.69) is 19.9 Å². The summed E-state index contributed by atoms with van der Waals surface area (Å²) in [6.45, 7) is 0. The maximum absolute atomic E-state index is 14.2. The Labute approximate surface area is 196 Å². The fourth-order valence-corrected chi connectivity index (χ4v) is 4.69. The second kappa shape index (κ2) is 9.22. The molecule has 12 heteroatoms. The molecule has 0 fully saturated rings. The number of halogens is 3. The van der Waals surface area contributed by atoms with E-state index in [1.807, 2.05) is 0 Å². The monoisotopic (exact) mass is 505 g/mol. The summed E-state index contributed by atoms with van der Waals surface area (Å²) in [7, 11) is -3.90. The first-order valence-electron chi connectivity index (χ1n) is 9.23. The van der Waals surface area contributed by atoms with Crippen molar-refractivity contribution in [1.82, 2.24) is 4.98 Å². The number of anilines is 2. The van der Waals surface area contributed by atoms with E-state index in [9.17, 15) is 17.2 Å². The van der Waals surface area contributed by atoms with Gasteiger partial charge in [0.15, 0.2) is 10.1 Å². The standard InChI is InChI=1S/C21H14ClF2N5O2S2/c22-12-4-7-14(8-5-12)29-33(30,31)16-3-1-2-15(11-16)27-28-20-19(26-21(25)32-20)17-10-13(23)6-9-18(17)24/h1-11,29H,(H2,25,26). The lowest BCUT2D eigenvalue weighted by Crippen LogP contribution is -2.12. The Morgan fingerprint density at radius 1 is 1.00 bits per heavy atom. The van der Waals surface area contributed by atoms with Gasteiger partial charge in [0.2, 0.25) is 0 Å². The molecule has 0 saturated carbocycles. The number of thiazole rings is 1. The Bertz CT molecular complexity index is 1460. The predicted octanol–water partition coefficient (Wildman–Crippen LogP) is 6.54. The number of nitrogens with zero attached hydrogens (tertiary/aromatic N) is 3. The first-order chi connectivity index (χ1) is 15.7. The summed E-state index contributed by atoms with van der Waals surface area (Å²) in [5, 5.41) is 8.78. The Morgan fingerprint density at radius 2 is 1.76 bits per heavy atom. The molecule has 0 bridgehead atoms. The van der Waals surface area contributed by atoms with Crippen molar-refractivity contribution in [2.45, 2.75) is 4.90 Å². The van der Waals surface area contributed by atoms with Crippen LogP contribution in [0.3, 0.4) is 0 Å². The van der Waals surface area contributed by atoms with Gasteiger partial charge in [-0.1, -0.05) is 29.0 Å². The molecular formula is C21H14ClF2N5O2S2. The molecule has 7 nitrogen and oxygen atoms in total. The van der Waals surface area contributed by atoms with Crippen molar-refractivity contribution in [3.8, 4) is 11.3 Å². The minimum atomic E-state index is -3.90. The quantitative estimate of drug-likeness (QED) is 0.290. The first-order valence-corrected chi connectivity index (χ1v) is 11.9. The van der Waals surface area contributed by atoms with Crippen LogP contribution in [-0.2, 0) is 10.0 Å². The highest BCUT2D eigenvalue weighted by Crippen LogP contribution is 2.39. The average molecular weight is 506 g/mol. The van der Waals surface area contributed by atoms with Gasteiger partial charge in [0.25, 0.3) is 10.0 Å². The van der Waals surface area contributed by atoms with E-state index >= 15 is 0 Å². The Morgan fingerprint density at radius 3 is 2.52 bits per heavy atom. The smallest absolute Gasteiger partial charge is 0.261 e. The Kier molecular flexibility index (Phi) is 6.36. The van der Waals surface area contributed by atoms with E-state index in [0.29, 0.717) is 10.7 Å². The summed E-state index contributed by atoms with van der Waals surface area (Å²) in [5.74, 6) is -1.34. The number of hydrogen-bond acceptors (Lipinski definition) is 7. The largest absolute Gasteiger partial charge is 0.375 e. The topological polar surface area (TPSA) is 110 Å². The van der Waals surface area contributed by atoms with Crippen LogP contribution in [0.5, 0.6) is 0 Å². The molecule has 168 valence electrons. The molecule has 0 amide bonds. The summed E-state index contributed by atoms with van der Waals surface area (Å²) in [6.07, 6.45) is 0. The van der Waals surface area contributed by atoms with Crippen LogP contribution in [0.1, 0.15) is 0 Å². The Balaban J connectivity index is 1.62. The zero-order chi connectivity index (χ0) is 23.6. The van der Waals surface area contributed by atoms with Crippen molar-refractivity contribution in [1.29, 1.82) is 0 Å². The van der Waals surface area contributed by atoms with Crippen LogP contribution in [0.4, 0.5) is 30.3 Å². The second-order valence-electron chi connectivity index (χ2n) is 6.64. The summed E-state index contributed by atoms with van der Waals surface area (Å²) in [6, 6.07) is 14.9. The molecule has 1 heterocycles. The van der Waals surface area contributed by atoms with Crippen molar-refractivity contribution >= 4 is 54.5 Å². The second-order valence-corrected chi connectivity index (χ2v) is 9.77. The minimum Gasteiger partial charge on any atom is -0.375 e. The number of rotatable bonds is 6. The lowest BCUT2D eigenvalue weighted by molar-refractivity contribution is 0.601. The van der Waals surface area contributed by atoms with E-state index in [1.54, 1.807) is 12.1 Å². The van der Waals surface area contributed by atoms with Gasteiger partial charge >= 0.3 is 0 Å². The SMILES string of the molecule is Nc1nc(-c2cc(F)ccc2F)c(N=Nc2cccc(S(=O)(=O)Nc3ccc(Cl)cc3)c2)s1. The molecule has 3 aromatic carbocycles. The molecule has 0 aliphatic heterocycles. The van der Waals surface area contributed by atoms with Gasteiger partial charge in [0, 0.05) is 16.3 Å². The lowest BCUT2D eigenvalue weighted by atomic mass is 10.1. The van der Waals surface area contributed by atoms with Gasteiger partial charge < -0.3 is 5.73 Å². The average Bonchev–Trinajstić information content (AvgIpc) is 3.16. The van der Waals surface area contributed by atoms with Gasteiger partial charge in [-0.3, -0.25) is 4.72 Å². The molecule has 0 aliphatic carbocycles. The molecule has 0 atom stereocenters. The van der Waals surface area contributed by atoms with E-state index in [1.165, 1.54) is 36.4 Å². The molecule has 0 aliphatic rings. The maximum Gasteiger partial charge on any atom is 0.261 e. The van der Waals surface area contributed by atoms with Crippen LogP contribution in [0.15, 0.2) is 81.9 Å². The number of azo groups is 1. The maximum atomic E-state index is 14.2. The summed E-state index contributed by atoms with van der Waals surface area (Å²) >= 11 is 6.75. The molecule has 4 aromatic rings. The van der Waals surface area contributed by atoms with E-state index in [4.69, 9.17) is 17.3 Å². The number of aromatic nitrogens is 1. The highest BCUT2D eigenvalue weighted by Gasteiger charge is 2.17. The third kappa shape index (κ3) is 5.33. The van der Waals surface area contributed by atoms with Gasteiger partial charge in [0.05, 0.1) is 10.6 Å². The van der Waals surface area contributed by atoms with Crippen LogP contribution in [-0.4, -0.2) is 13.4 Å². The zero-order valence-electron chi connectivity index (χ0n) is 16.5. The molecule has 3 N–H and O–H groups in total. The number of benzene rings is 3. The van der Waals surface area contributed by atoms with Crippen molar-refractivity contribution in [3.63, 3.8) is 0 Å². The summed E-state index contributed by atoms with van der Waals surface area (Å²) in [5.41, 5.74) is 6.21. The number of hydrogen-bond donors (Lipinski definition) is 2. The van der Waals surface area contributed by atoms with E-state index in [0.717, 1.165) is 29.5 Å². The van der Waals surface area contributed by atoms with Crippen molar-refractivity contribution < 1.29 is 17.2 Å². The Hall–Kier alpha value is -3.41. The van der Waals surface area contributed by atoms with Gasteiger partial charge in [-0.05, 0) is 60.7 Å². The summed E-state index contributed by atoms with van der Waals surface area (Å²) < 4.78 is 55.7. The number of nitrogens with two attached hydrogens (primary N) is 1. The molecular weight excluding hydrogens is 492 g/mol. The molecule has 0 spiro atoms. The van der Waals surface area contributed by atoms with Crippen LogP contribution in [0.25, 0.3) is 11.3 Å². The van der Waals surface area contributed by atoms with Gasteiger partial charge in [-0.2, -0.15) is 0 Å². The highest BCUT2D eigenvalue weighted by molar-refractivity contribution is 7.92. The zero-order valence-corrected chi connectivity index (χ0v) is 18.9. The van der Waals surface area contributed by atoms with Crippen LogP contribution >= 0.6 is 22.9 Å². The molecule has 0 unspecified atom stereocenters. The molecule has 0 radical (unpaired) electrons. The number of nitrogen functional groups attached to an aromatic ring is 1. The van der Waals surface area contributed by atoms with E-state index < -0.39 is 21.7 Å². The predicted molar refractivity (Wildman–Crippen MR) is 125 cm³/mol. The third-order valence-electron chi connectivity index (χ3n) is 4.29. The van der Waals surface area contributed by atoms with Crippen LogP contribution in [0.2, 0.25) is 5.02 Å². The first kappa shape index (κ1) is 22.8. The lowest BCUT2D eigenvalue weighted by Gasteiger charge is -2.08. The molecule has 4 rings (SSSR count). The van der Waals surface area contributed by atoms with Crippen molar-refractivity contribution in [2.24, 2.45) is 10.2 Å². The minimum absolute atomic E-state index is 0.0337. The van der Waals surface area contributed by atoms with E-state index in [-0.39, 0.29) is 32.0 Å². The van der Waals surface area contributed by atoms with Gasteiger partial charge in [-0.15, -0.1) is 10.2 Å². The van der Waals surface area contributed by atoms with Gasteiger partial charge in [-0.25, -0.2) is 22.2 Å².